The van der Waals surface area contributed by atoms with Gasteiger partial charge in [0.2, 0.25) is 0 Å². The van der Waals surface area contributed by atoms with Crippen LogP contribution >= 0.6 is 38.5 Å². The maximum Gasteiger partial charge on any atom is 0.134 e. The van der Waals surface area contributed by atoms with Crippen LogP contribution in [-0.4, -0.2) is 0 Å². The number of ether oxygens (including phenoxy) is 1. The highest BCUT2D eigenvalue weighted by atomic mass is 127. The van der Waals surface area contributed by atoms with Gasteiger partial charge >= 0.3 is 0 Å². The van der Waals surface area contributed by atoms with Crippen LogP contribution in [-0.2, 0) is 6.61 Å². The fraction of sp³-hybridized carbons (Fsp3) is 0.0435. The van der Waals surface area contributed by atoms with Gasteiger partial charge in [-0.25, -0.2) is 0 Å². The zero-order valence-corrected chi connectivity index (χ0v) is 18.4. The van der Waals surface area contributed by atoms with E-state index in [0.717, 1.165) is 24.7 Å². The molecule has 0 aliphatic rings. The van der Waals surface area contributed by atoms with Gasteiger partial charge in [-0.2, -0.15) is 10.5 Å². The molecule has 0 bridgehead atoms. The molecule has 0 aliphatic carbocycles. The van der Waals surface area contributed by atoms with E-state index < -0.39 is 0 Å². The van der Waals surface area contributed by atoms with E-state index in [4.69, 9.17) is 4.74 Å². The van der Waals surface area contributed by atoms with Crippen molar-refractivity contribution in [3.8, 4) is 17.9 Å². The Labute approximate surface area is 186 Å². The molecule has 0 spiro atoms. The van der Waals surface area contributed by atoms with E-state index >= 15 is 0 Å². The number of allylic oxidation sites excluding steroid dienone is 1. The molecule has 0 unspecified atom stereocenters. The second-order valence-corrected chi connectivity index (χ2v) is 8.02. The van der Waals surface area contributed by atoms with Crippen LogP contribution in [0.3, 0.4) is 0 Å². The molecule has 0 saturated heterocycles. The highest BCUT2D eigenvalue weighted by Gasteiger charge is 2.07. The maximum absolute atomic E-state index is 9.51. The molecule has 0 atom stereocenters. The molecule has 0 aliphatic heterocycles. The standard InChI is InChI=1S/C23H14BrIN2O/c24-22-12-16(11-20(14-27)17-6-8-21(25)9-7-17)5-10-23(22)28-15-19-4-2-1-3-18(19)13-26/h1-12H,15H2/b20-11-. The zero-order valence-electron chi connectivity index (χ0n) is 14.7. The lowest BCUT2D eigenvalue weighted by Crippen LogP contribution is -1.98. The minimum atomic E-state index is 0.309. The fourth-order valence-corrected chi connectivity index (χ4v) is 3.48. The Morgan fingerprint density at radius 1 is 1.04 bits per heavy atom. The Morgan fingerprint density at radius 2 is 1.79 bits per heavy atom. The lowest BCUT2D eigenvalue weighted by Gasteiger charge is -2.10. The van der Waals surface area contributed by atoms with Crippen LogP contribution < -0.4 is 4.74 Å². The minimum Gasteiger partial charge on any atom is -0.488 e. The summed E-state index contributed by atoms with van der Waals surface area (Å²) in [5.74, 6) is 0.678. The van der Waals surface area contributed by atoms with Gasteiger partial charge < -0.3 is 4.74 Å². The Hall–Kier alpha value is -2.61. The van der Waals surface area contributed by atoms with Crippen molar-refractivity contribution in [1.29, 1.82) is 10.5 Å². The van der Waals surface area contributed by atoms with E-state index in [1.54, 1.807) is 6.07 Å². The quantitative estimate of drug-likeness (QED) is 0.209. The van der Waals surface area contributed by atoms with Crippen LogP contribution in [0.5, 0.6) is 5.75 Å². The zero-order chi connectivity index (χ0) is 19.9. The summed E-state index contributed by atoms with van der Waals surface area (Å²) >= 11 is 5.77. The van der Waals surface area contributed by atoms with E-state index in [1.165, 1.54) is 0 Å². The predicted molar refractivity (Wildman–Crippen MR) is 122 cm³/mol. The molecule has 0 amide bonds. The van der Waals surface area contributed by atoms with E-state index in [0.29, 0.717) is 23.5 Å². The Morgan fingerprint density at radius 3 is 2.46 bits per heavy atom. The monoisotopic (exact) mass is 540 g/mol. The number of rotatable bonds is 5. The van der Waals surface area contributed by atoms with Gasteiger partial charge in [0, 0.05) is 9.13 Å². The number of hydrogen-bond donors (Lipinski definition) is 0. The molecule has 3 aromatic carbocycles. The second-order valence-electron chi connectivity index (χ2n) is 5.92. The van der Waals surface area contributed by atoms with Crippen molar-refractivity contribution in [3.63, 3.8) is 0 Å². The Kier molecular flexibility index (Phi) is 6.86. The largest absolute Gasteiger partial charge is 0.488 e. The molecule has 3 rings (SSSR count). The maximum atomic E-state index is 9.51. The Balaban J connectivity index is 1.79. The first kappa shape index (κ1) is 20.1. The highest BCUT2D eigenvalue weighted by Crippen LogP contribution is 2.29. The lowest BCUT2D eigenvalue weighted by molar-refractivity contribution is 0.304. The molecule has 3 nitrogen and oxygen atoms in total. The third kappa shape index (κ3) is 5.01. The molecule has 5 heteroatoms. The molecule has 3 aromatic rings. The number of hydrogen-bond acceptors (Lipinski definition) is 3. The van der Waals surface area contributed by atoms with Crippen LogP contribution in [0.2, 0.25) is 0 Å². The highest BCUT2D eigenvalue weighted by molar-refractivity contribution is 14.1. The van der Waals surface area contributed by atoms with Crippen molar-refractivity contribution in [2.24, 2.45) is 0 Å². The lowest BCUT2D eigenvalue weighted by atomic mass is 10.0. The molecular weight excluding hydrogens is 527 g/mol. The first-order valence-electron chi connectivity index (χ1n) is 8.39. The molecule has 0 saturated carbocycles. The molecule has 0 N–H and O–H groups in total. The van der Waals surface area contributed by atoms with E-state index in [1.807, 2.05) is 66.7 Å². The fourth-order valence-electron chi connectivity index (χ4n) is 2.61. The van der Waals surface area contributed by atoms with E-state index in [-0.39, 0.29) is 0 Å². The van der Waals surface area contributed by atoms with Gasteiger partial charge in [0.1, 0.15) is 12.4 Å². The molecule has 136 valence electrons. The van der Waals surface area contributed by atoms with Crippen molar-refractivity contribution in [2.75, 3.05) is 0 Å². The molecular formula is C23H14BrIN2O. The average Bonchev–Trinajstić information content (AvgIpc) is 2.72. The van der Waals surface area contributed by atoms with E-state index in [9.17, 15) is 10.5 Å². The predicted octanol–water partition coefficient (Wildman–Crippen LogP) is 6.57. The first-order chi connectivity index (χ1) is 13.6. The van der Waals surface area contributed by atoms with Gasteiger partial charge in [-0.1, -0.05) is 36.4 Å². The van der Waals surface area contributed by atoms with Crippen molar-refractivity contribution >= 4 is 50.2 Å². The van der Waals surface area contributed by atoms with Crippen molar-refractivity contribution in [1.82, 2.24) is 0 Å². The smallest absolute Gasteiger partial charge is 0.134 e. The molecule has 0 heterocycles. The van der Waals surface area contributed by atoms with Gasteiger partial charge in [0.15, 0.2) is 0 Å². The minimum absolute atomic E-state index is 0.309. The number of benzene rings is 3. The summed E-state index contributed by atoms with van der Waals surface area (Å²) in [5, 5.41) is 18.7. The molecule has 0 fully saturated rings. The molecule has 28 heavy (non-hydrogen) atoms. The number of halogens is 2. The van der Waals surface area contributed by atoms with Crippen molar-refractivity contribution < 1.29 is 4.74 Å². The topological polar surface area (TPSA) is 56.8 Å². The molecule has 0 radical (unpaired) electrons. The van der Waals surface area contributed by atoms with Gasteiger partial charge in [-0.3, -0.25) is 0 Å². The number of nitriles is 2. The summed E-state index contributed by atoms with van der Waals surface area (Å²) in [6.45, 7) is 0.309. The third-order valence-electron chi connectivity index (χ3n) is 4.06. The first-order valence-corrected chi connectivity index (χ1v) is 10.3. The van der Waals surface area contributed by atoms with Crippen LogP contribution in [0.1, 0.15) is 22.3 Å². The summed E-state index contributed by atoms with van der Waals surface area (Å²) in [6, 6.07) is 25.3. The van der Waals surface area contributed by atoms with Crippen LogP contribution in [0.15, 0.2) is 71.2 Å². The number of nitrogens with zero attached hydrogens (tertiary/aromatic N) is 2. The second kappa shape index (κ2) is 9.54. The summed E-state index contributed by atoms with van der Waals surface area (Å²) in [7, 11) is 0. The van der Waals surface area contributed by atoms with Gasteiger partial charge in [0.05, 0.1) is 27.7 Å². The van der Waals surface area contributed by atoms with Gasteiger partial charge in [0.25, 0.3) is 0 Å². The van der Waals surface area contributed by atoms with Gasteiger partial charge in [-0.15, -0.1) is 0 Å². The summed E-state index contributed by atoms with van der Waals surface area (Å²) in [4.78, 5) is 0. The third-order valence-corrected chi connectivity index (χ3v) is 5.40. The van der Waals surface area contributed by atoms with Crippen LogP contribution in [0, 0.1) is 26.2 Å². The Bertz CT molecular complexity index is 1110. The summed E-state index contributed by atoms with van der Waals surface area (Å²) in [6.07, 6.45) is 1.85. The molecule has 0 aromatic heterocycles. The van der Waals surface area contributed by atoms with Crippen LogP contribution in [0.4, 0.5) is 0 Å². The van der Waals surface area contributed by atoms with E-state index in [2.05, 4.69) is 50.7 Å². The van der Waals surface area contributed by atoms with Crippen LogP contribution in [0.25, 0.3) is 11.6 Å². The summed E-state index contributed by atoms with van der Waals surface area (Å²) in [5.41, 5.74) is 3.82. The van der Waals surface area contributed by atoms with Crippen molar-refractivity contribution in [3.05, 3.63) is 97.0 Å². The van der Waals surface area contributed by atoms with Crippen molar-refractivity contribution in [2.45, 2.75) is 6.61 Å². The SMILES string of the molecule is N#C/C(=C/c1ccc(OCc2ccccc2C#N)c(Br)c1)c1ccc(I)cc1. The van der Waals surface area contributed by atoms with Gasteiger partial charge in [-0.05, 0) is 86.1 Å². The normalized spacial score (nSPS) is 10.8. The summed E-state index contributed by atoms with van der Waals surface area (Å²) < 4.78 is 7.78. The average molecular weight is 541 g/mol.